The lowest BCUT2D eigenvalue weighted by Crippen LogP contribution is -2.31. The third-order valence-electron chi connectivity index (χ3n) is 4.35. The van der Waals surface area contributed by atoms with Crippen molar-refractivity contribution in [2.45, 2.75) is 19.6 Å². The van der Waals surface area contributed by atoms with Crippen molar-refractivity contribution in [1.29, 1.82) is 0 Å². The van der Waals surface area contributed by atoms with Crippen LogP contribution in [0.25, 0.3) is 0 Å². The summed E-state index contributed by atoms with van der Waals surface area (Å²) in [7, 11) is 0. The monoisotopic (exact) mass is 389 g/mol. The molecule has 148 valence electrons. The predicted molar refractivity (Wildman–Crippen MR) is 110 cm³/mol. The van der Waals surface area contributed by atoms with Gasteiger partial charge in [-0.3, -0.25) is 4.79 Å². The molecule has 0 bridgehead atoms. The molecule has 5 heteroatoms. The first kappa shape index (κ1) is 20.1. The molecule has 0 aliphatic rings. The van der Waals surface area contributed by atoms with Gasteiger partial charge in [-0.25, -0.2) is 4.79 Å². The number of rotatable bonds is 8. The molecule has 3 rings (SSSR count). The molecule has 3 aromatic rings. The summed E-state index contributed by atoms with van der Waals surface area (Å²) in [4.78, 5) is 24.2. The van der Waals surface area contributed by atoms with Gasteiger partial charge in [-0.15, -0.1) is 0 Å². The minimum atomic E-state index is -0.539. The molecule has 0 aliphatic carbocycles. The number of carbonyl (C=O) groups excluding carboxylic acids is 2. The molecule has 5 nitrogen and oxygen atoms in total. The zero-order chi connectivity index (χ0) is 20.5. The van der Waals surface area contributed by atoms with Gasteiger partial charge in [-0.1, -0.05) is 60.7 Å². The maximum Gasteiger partial charge on any atom is 0.338 e. The lowest BCUT2D eigenvalue weighted by atomic mass is 10.1. The Morgan fingerprint density at radius 3 is 2.14 bits per heavy atom. The Morgan fingerprint density at radius 1 is 0.862 bits per heavy atom. The summed E-state index contributed by atoms with van der Waals surface area (Å²) < 4.78 is 10.8. The summed E-state index contributed by atoms with van der Waals surface area (Å²) in [6.07, 6.45) is 0. The van der Waals surface area contributed by atoms with Crippen molar-refractivity contribution in [2.75, 3.05) is 6.61 Å². The largest absolute Gasteiger partial charge is 0.489 e. The van der Waals surface area contributed by atoms with Gasteiger partial charge in [-0.05, 0) is 42.3 Å². The van der Waals surface area contributed by atoms with E-state index in [9.17, 15) is 9.59 Å². The van der Waals surface area contributed by atoms with Crippen LogP contribution in [0, 0.1) is 0 Å². The number of esters is 1. The number of hydrogen-bond donors (Lipinski definition) is 1. The smallest absolute Gasteiger partial charge is 0.338 e. The molecule has 1 amide bonds. The Labute approximate surface area is 170 Å². The number of hydrogen-bond acceptors (Lipinski definition) is 4. The van der Waals surface area contributed by atoms with Crippen molar-refractivity contribution < 1.29 is 19.1 Å². The Bertz CT molecular complexity index is 924. The van der Waals surface area contributed by atoms with E-state index in [0.717, 1.165) is 16.9 Å². The zero-order valence-electron chi connectivity index (χ0n) is 16.2. The molecular formula is C24H23NO4. The first-order valence-electron chi connectivity index (χ1n) is 9.40. The lowest BCUT2D eigenvalue weighted by molar-refractivity contribution is -0.124. The average Bonchev–Trinajstić information content (AvgIpc) is 2.77. The Balaban J connectivity index is 1.44. The van der Waals surface area contributed by atoms with Crippen LogP contribution in [-0.4, -0.2) is 18.5 Å². The van der Waals surface area contributed by atoms with E-state index in [1.165, 1.54) is 0 Å². The first-order chi connectivity index (χ1) is 14.1. The second-order valence-corrected chi connectivity index (χ2v) is 6.57. The summed E-state index contributed by atoms with van der Waals surface area (Å²) in [6, 6.07) is 25.9. The van der Waals surface area contributed by atoms with Gasteiger partial charge in [0.05, 0.1) is 11.6 Å². The summed E-state index contributed by atoms with van der Waals surface area (Å²) >= 11 is 0. The number of carbonyl (C=O) groups is 2. The minimum Gasteiger partial charge on any atom is -0.489 e. The molecule has 0 unspecified atom stereocenters. The topological polar surface area (TPSA) is 64.6 Å². The third kappa shape index (κ3) is 6.21. The van der Waals surface area contributed by atoms with Crippen LogP contribution in [-0.2, 0) is 16.1 Å². The maximum absolute atomic E-state index is 12.2. The van der Waals surface area contributed by atoms with E-state index < -0.39 is 5.97 Å². The molecule has 0 heterocycles. The molecule has 1 atom stereocenters. The van der Waals surface area contributed by atoms with Gasteiger partial charge in [0.1, 0.15) is 12.4 Å². The summed E-state index contributed by atoms with van der Waals surface area (Å²) in [5.74, 6) is -0.0997. The van der Waals surface area contributed by atoms with Gasteiger partial charge in [0.25, 0.3) is 5.91 Å². The Morgan fingerprint density at radius 2 is 1.48 bits per heavy atom. The van der Waals surface area contributed by atoms with Crippen molar-refractivity contribution in [2.24, 2.45) is 0 Å². The average molecular weight is 389 g/mol. The van der Waals surface area contributed by atoms with E-state index in [0.29, 0.717) is 12.2 Å². The van der Waals surface area contributed by atoms with Crippen molar-refractivity contribution in [3.8, 4) is 5.75 Å². The van der Waals surface area contributed by atoms with Crippen LogP contribution in [0.3, 0.4) is 0 Å². The van der Waals surface area contributed by atoms with Gasteiger partial charge in [0.2, 0.25) is 0 Å². The van der Waals surface area contributed by atoms with Gasteiger partial charge < -0.3 is 14.8 Å². The summed E-state index contributed by atoms with van der Waals surface area (Å²) in [5.41, 5.74) is 2.30. The highest BCUT2D eigenvalue weighted by Crippen LogP contribution is 2.13. The minimum absolute atomic E-state index is 0.161. The molecule has 0 spiro atoms. The van der Waals surface area contributed by atoms with Crippen LogP contribution < -0.4 is 10.1 Å². The van der Waals surface area contributed by atoms with Crippen molar-refractivity contribution >= 4 is 11.9 Å². The fourth-order valence-electron chi connectivity index (χ4n) is 2.74. The van der Waals surface area contributed by atoms with Gasteiger partial charge in [0.15, 0.2) is 6.61 Å². The quantitative estimate of drug-likeness (QED) is 0.584. The van der Waals surface area contributed by atoms with E-state index >= 15 is 0 Å². The molecule has 29 heavy (non-hydrogen) atoms. The number of para-hydroxylation sites is 1. The molecule has 0 aromatic heterocycles. The van der Waals surface area contributed by atoms with E-state index in [-0.39, 0.29) is 18.6 Å². The fraction of sp³-hybridized carbons (Fsp3) is 0.167. The second kappa shape index (κ2) is 10.1. The second-order valence-electron chi connectivity index (χ2n) is 6.57. The summed E-state index contributed by atoms with van der Waals surface area (Å²) in [5, 5.41) is 2.81. The summed E-state index contributed by atoms with van der Waals surface area (Å²) in [6.45, 7) is 1.96. The highest BCUT2D eigenvalue weighted by molar-refractivity contribution is 5.91. The van der Waals surface area contributed by atoms with E-state index in [2.05, 4.69) is 5.32 Å². The highest BCUT2D eigenvalue weighted by atomic mass is 16.5. The molecule has 0 aliphatic heterocycles. The van der Waals surface area contributed by atoms with Crippen LogP contribution in [0.2, 0.25) is 0 Å². The van der Waals surface area contributed by atoms with Crippen LogP contribution >= 0.6 is 0 Å². The Hall–Kier alpha value is -3.60. The normalized spacial score (nSPS) is 11.3. The number of benzene rings is 3. The molecule has 0 saturated heterocycles. The molecular weight excluding hydrogens is 366 g/mol. The van der Waals surface area contributed by atoms with E-state index in [1.807, 2.05) is 67.6 Å². The highest BCUT2D eigenvalue weighted by Gasteiger charge is 2.13. The van der Waals surface area contributed by atoms with Crippen LogP contribution in [0.5, 0.6) is 5.75 Å². The molecule has 0 fully saturated rings. The zero-order valence-corrected chi connectivity index (χ0v) is 16.2. The van der Waals surface area contributed by atoms with Crippen molar-refractivity contribution in [3.05, 3.63) is 102 Å². The van der Waals surface area contributed by atoms with Crippen molar-refractivity contribution in [1.82, 2.24) is 5.32 Å². The van der Waals surface area contributed by atoms with E-state index in [1.54, 1.807) is 24.3 Å². The molecule has 0 radical (unpaired) electrons. The first-order valence-corrected chi connectivity index (χ1v) is 9.40. The van der Waals surface area contributed by atoms with Crippen LogP contribution in [0.15, 0.2) is 84.9 Å². The molecule has 3 aromatic carbocycles. The molecule has 1 N–H and O–H groups in total. The number of ether oxygens (including phenoxy) is 2. The SMILES string of the molecule is C[C@@H](NC(=O)COC(=O)c1ccc(COc2ccccc2)cc1)c1ccccc1. The number of nitrogens with one attached hydrogen (secondary N) is 1. The Kier molecular flexibility index (Phi) is 7.00. The van der Waals surface area contributed by atoms with E-state index in [4.69, 9.17) is 9.47 Å². The van der Waals surface area contributed by atoms with Gasteiger partial charge >= 0.3 is 5.97 Å². The predicted octanol–water partition coefficient (Wildman–Crippen LogP) is 4.30. The molecule has 0 saturated carbocycles. The van der Waals surface area contributed by atoms with Crippen molar-refractivity contribution in [3.63, 3.8) is 0 Å². The third-order valence-corrected chi connectivity index (χ3v) is 4.35. The van der Waals surface area contributed by atoms with Gasteiger partial charge in [-0.2, -0.15) is 0 Å². The standard InChI is InChI=1S/C24H23NO4/c1-18(20-8-4-2-5-9-20)25-23(26)17-29-24(27)21-14-12-19(13-15-21)16-28-22-10-6-3-7-11-22/h2-15,18H,16-17H2,1H3,(H,25,26)/t18-/m1/s1. The van der Waals surface area contributed by atoms with Crippen LogP contribution in [0.1, 0.15) is 34.5 Å². The maximum atomic E-state index is 12.2. The van der Waals surface area contributed by atoms with Crippen LogP contribution in [0.4, 0.5) is 0 Å². The lowest BCUT2D eigenvalue weighted by Gasteiger charge is -2.14. The number of amides is 1. The fourth-order valence-corrected chi connectivity index (χ4v) is 2.74. The van der Waals surface area contributed by atoms with Gasteiger partial charge in [0, 0.05) is 0 Å².